The minimum absolute atomic E-state index is 0.119. The lowest BCUT2D eigenvalue weighted by Gasteiger charge is -2.15. The molecule has 0 saturated heterocycles. The van der Waals surface area contributed by atoms with Gasteiger partial charge in [0.25, 0.3) is 0 Å². The fourth-order valence-corrected chi connectivity index (χ4v) is 3.44. The number of hydrogen-bond acceptors (Lipinski definition) is 2. The summed E-state index contributed by atoms with van der Waals surface area (Å²) in [5.41, 5.74) is 5.48. The minimum atomic E-state index is -0.119. The lowest BCUT2D eigenvalue weighted by molar-refractivity contribution is 0.532. The molecule has 2 aromatic carbocycles. The molecule has 0 aliphatic carbocycles. The molecule has 1 atom stereocenters. The molecule has 4 heteroatoms. The highest BCUT2D eigenvalue weighted by Crippen LogP contribution is 2.23. The first-order valence-electron chi connectivity index (χ1n) is 9.59. The van der Waals surface area contributed by atoms with Crippen molar-refractivity contribution in [3.8, 4) is 11.3 Å². The highest BCUT2D eigenvalue weighted by molar-refractivity contribution is 5.63. The summed E-state index contributed by atoms with van der Waals surface area (Å²) in [5, 5.41) is 7.84. The molecule has 1 heterocycles. The zero-order chi connectivity index (χ0) is 19.2. The molecule has 0 spiro atoms. The van der Waals surface area contributed by atoms with Crippen molar-refractivity contribution >= 4 is 0 Å². The van der Waals surface area contributed by atoms with Gasteiger partial charge in [-0.05, 0) is 68.5 Å². The number of hydrogen-bond donors (Lipinski definition) is 1. The number of aryl methyl sites for hydroxylation is 3. The van der Waals surface area contributed by atoms with Crippen LogP contribution in [0.5, 0.6) is 0 Å². The molecule has 0 aliphatic rings. The first kappa shape index (κ1) is 19.3. The maximum Gasteiger partial charge on any atom is 0.126 e. The van der Waals surface area contributed by atoms with Crippen LogP contribution in [0.15, 0.2) is 54.7 Å². The second-order valence-corrected chi connectivity index (χ2v) is 7.24. The second kappa shape index (κ2) is 8.96. The smallest absolute Gasteiger partial charge is 0.126 e. The van der Waals surface area contributed by atoms with Crippen molar-refractivity contribution in [3.63, 3.8) is 0 Å². The van der Waals surface area contributed by atoms with Gasteiger partial charge in [-0.2, -0.15) is 5.10 Å². The number of halogens is 1. The van der Waals surface area contributed by atoms with Crippen LogP contribution in [-0.2, 0) is 19.9 Å². The van der Waals surface area contributed by atoms with Crippen LogP contribution in [-0.4, -0.2) is 22.4 Å². The molecule has 0 fully saturated rings. The quantitative estimate of drug-likeness (QED) is 0.587. The SMILES string of the molecule is Cc1ccc(CC(C)NCCCc2ccccc2-c2ccnn2C)cc1F. The Hall–Kier alpha value is -2.46. The Kier molecular flexibility index (Phi) is 6.40. The zero-order valence-corrected chi connectivity index (χ0v) is 16.4. The van der Waals surface area contributed by atoms with Gasteiger partial charge in [-0.1, -0.05) is 36.4 Å². The van der Waals surface area contributed by atoms with Gasteiger partial charge in [-0.3, -0.25) is 4.68 Å². The number of aromatic nitrogens is 2. The molecular formula is C23H28FN3. The summed E-state index contributed by atoms with van der Waals surface area (Å²) in [6, 6.07) is 16.4. The molecule has 0 amide bonds. The van der Waals surface area contributed by atoms with Crippen molar-refractivity contribution < 1.29 is 4.39 Å². The second-order valence-electron chi connectivity index (χ2n) is 7.24. The molecule has 0 aliphatic heterocycles. The van der Waals surface area contributed by atoms with Gasteiger partial charge in [0.15, 0.2) is 0 Å². The van der Waals surface area contributed by atoms with E-state index in [1.165, 1.54) is 11.1 Å². The predicted molar refractivity (Wildman–Crippen MR) is 109 cm³/mol. The molecule has 0 saturated carbocycles. The van der Waals surface area contributed by atoms with Gasteiger partial charge in [-0.25, -0.2) is 4.39 Å². The number of benzene rings is 2. The lowest BCUT2D eigenvalue weighted by Crippen LogP contribution is -2.29. The summed E-state index contributed by atoms with van der Waals surface area (Å²) in [7, 11) is 1.98. The third kappa shape index (κ3) is 5.04. The number of nitrogens with one attached hydrogen (secondary N) is 1. The molecule has 142 valence electrons. The van der Waals surface area contributed by atoms with Crippen molar-refractivity contribution in [3.05, 3.63) is 77.2 Å². The molecule has 1 aromatic heterocycles. The van der Waals surface area contributed by atoms with Crippen LogP contribution < -0.4 is 5.32 Å². The molecule has 3 nitrogen and oxygen atoms in total. The van der Waals surface area contributed by atoms with Crippen molar-refractivity contribution in [2.75, 3.05) is 6.54 Å². The van der Waals surface area contributed by atoms with E-state index in [2.05, 4.69) is 47.7 Å². The van der Waals surface area contributed by atoms with Gasteiger partial charge < -0.3 is 5.32 Å². The van der Waals surface area contributed by atoms with E-state index in [4.69, 9.17) is 0 Å². The standard InChI is InChI=1S/C23H28FN3/c1-17-10-11-19(16-22(17)24)15-18(2)25-13-6-8-20-7-4-5-9-21(20)23-12-14-26-27(23)3/h4-5,7,9-12,14,16,18,25H,6,8,13,15H2,1-3H3. The summed E-state index contributed by atoms with van der Waals surface area (Å²) in [6.45, 7) is 4.89. The Bertz CT molecular complexity index is 885. The van der Waals surface area contributed by atoms with Crippen molar-refractivity contribution in [2.45, 2.75) is 39.2 Å². The van der Waals surface area contributed by atoms with Crippen molar-refractivity contribution in [1.82, 2.24) is 15.1 Å². The normalized spacial score (nSPS) is 12.3. The van der Waals surface area contributed by atoms with Crippen molar-refractivity contribution in [1.29, 1.82) is 0 Å². The van der Waals surface area contributed by atoms with E-state index in [9.17, 15) is 4.39 Å². The average molecular weight is 365 g/mol. The molecule has 27 heavy (non-hydrogen) atoms. The molecular weight excluding hydrogens is 337 g/mol. The van der Waals surface area contributed by atoms with E-state index in [0.29, 0.717) is 11.6 Å². The summed E-state index contributed by atoms with van der Waals surface area (Å²) in [5.74, 6) is -0.119. The predicted octanol–water partition coefficient (Wildman–Crippen LogP) is 4.69. The first-order chi connectivity index (χ1) is 13.0. The van der Waals surface area contributed by atoms with Gasteiger partial charge in [0.05, 0.1) is 5.69 Å². The van der Waals surface area contributed by atoms with Crippen LogP contribution in [0, 0.1) is 12.7 Å². The maximum absolute atomic E-state index is 13.7. The van der Waals surface area contributed by atoms with Crippen molar-refractivity contribution in [2.24, 2.45) is 7.05 Å². The highest BCUT2D eigenvalue weighted by atomic mass is 19.1. The first-order valence-corrected chi connectivity index (χ1v) is 9.59. The average Bonchev–Trinajstić information content (AvgIpc) is 3.08. The van der Waals surface area contributed by atoms with Crippen LogP contribution in [0.4, 0.5) is 4.39 Å². The van der Waals surface area contributed by atoms with Crippen LogP contribution in [0.1, 0.15) is 30.0 Å². The van der Waals surface area contributed by atoms with Gasteiger partial charge in [0, 0.05) is 24.8 Å². The summed E-state index contributed by atoms with van der Waals surface area (Å²) in [6.07, 6.45) is 4.74. The monoisotopic (exact) mass is 365 g/mol. The number of nitrogens with zero attached hydrogens (tertiary/aromatic N) is 2. The van der Waals surface area contributed by atoms with E-state index in [-0.39, 0.29) is 5.82 Å². The molecule has 1 unspecified atom stereocenters. The lowest BCUT2D eigenvalue weighted by atomic mass is 10.00. The zero-order valence-electron chi connectivity index (χ0n) is 16.4. The summed E-state index contributed by atoms with van der Waals surface area (Å²) < 4.78 is 15.6. The van der Waals surface area contributed by atoms with Gasteiger partial charge in [-0.15, -0.1) is 0 Å². The van der Waals surface area contributed by atoms with Crippen LogP contribution in [0.3, 0.4) is 0 Å². The minimum Gasteiger partial charge on any atom is -0.314 e. The molecule has 3 aromatic rings. The molecule has 0 radical (unpaired) electrons. The maximum atomic E-state index is 13.7. The van der Waals surface area contributed by atoms with Crippen LogP contribution >= 0.6 is 0 Å². The Labute approximate surface area is 161 Å². The molecule has 1 N–H and O–H groups in total. The topological polar surface area (TPSA) is 29.9 Å². The fraction of sp³-hybridized carbons (Fsp3) is 0.348. The Morgan fingerprint density at radius 2 is 1.96 bits per heavy atom. The Morgan fingerprint density at radius 3 is 2.70 bits per heavy atom. The van der Waals surface area contributed by atoms with E-state index in [1.54, 1.807) is 13.0 Å². The Morgan fingerprint density at radius 1 is 1.15 bits per heavy atom. The van der Waals surface area contributed by atoms with E-state index >= 15 is 0 Å². The van der Waals surface area contributed by atoms with E-state index < -0.39 is 0 Å². The van der Waals surface area contributed by atoms with Gasteiger partial charge >= 0.3 is 0 Å². The molecule has 3 rings (SSSR count). The van der Waals surface area contributed by atoms with Gasteiger partial charge in [0.2, 0.25) is 0 Å². The van der Waals surface area contributed by atoms with E-state index in [0.717, 1.165) is 37.1 Å². The largest absolute Gasteiger partial charge is 0.314 e. The third-order valence-electron chi connectivity index (χ3n) is 5.01. The number of rotatable bonds is 8. The Balaban J connectivity index is 1.50. The summed E-state index contributed by atoms with van der Waals surface area (Å²) >= 11 is 0. The van der Waals surface area contributed by atoms with Crippen LogP contribution in [0.25, 0.3) is 11.3 Å². The highest BCUT2D eigenvalue weighted by Gasteiger charge is 2.09. The third-order valence-corrected chi connectivity index (χ3v) is 5.01. The summed E-state index contributed by atoms with van der Waals surface area (Å²) in [4.78, 5) is 0. The molecule has 0 bridgehead atoms. The van der Waals surface area contributed by atoms with Gasteiger partial charge in [0.1, 0.15) is 5.82 Å². The van der Waals surface area contributed by atoms with Crippen LogP contribution in [0.2, 0.25) is 0 Å². The fourth-order valence-electron chi connectivity index (χ4n) is 3.44. The van der Waals surface area contributed by atoms with E-state index in [1.807, 2.05) is 30.1 Å².